The maximum atomic E-state index is 9.97. The Morgan fingerprint density at radius 3 is 1.67 bits per heavy atom. The van der Waals surface area contributed by atoms with Crippen LogP contribution in [0.5, 0.6) is 0 Å². The van der Waals surface area contributed by atoms with Crippen molar-refractivity contribution in [3.05, 3.63) is 0 Å². The molecule has 0 heterocycles. The molecule has 0 aliphatic rings. The standard InChI is InChI=1S/C2H6AsO3/c1-5-3(4)6-2/h1-2H3. The molecule has 37 valence electrons. The Bertz CT molecular complexity index is 46.8. The maximum absolute atomic E-state index is 9.97. The van der Waals surface area contributed by atoms with Crippen molar-refractivity contribution in [2.75, 3.05) is 14.2 Å². The normalized spacial score (nSPS) is 8.33. The summed E-state index contributed by atoms with van der Waals surface area (Å²) in [6, 6.07) is 0. The van der Waals surface area contributed by atoms with Gasteiger partial charge in [0.05, 0.1) is 0 Å². The zero-order valence-corrected chi connectivity index (χ0v) is 5.55. The molecule has 0 aromatic carbocycles. The predicted octanol–water partition coefficient (Wildman–Crippen LogP) is -0.305. The molecule has 0 aliphatic heterocycles. The molecular formula is C2H6AsO3. The van der Waals surface area contributed by atoms with E-state index in [4.69, 9.17) is 0 Å². The van der Waals surface area contributed by atoms with E-state index in [0.29, 0.717) is 0 Å². The van der Waals surface area contributed by atoms with Gasteiger partial charge in [0.2, 0.25) is 0 Å². The first-order valence-corrected chi connectivity index (χ1v) is 3.66. The molecule has 0 amide bonds. The van der Waals surface area contributed by atoms with E-state index in [-0.39, 0.29) is 0 Å². The molecule has 0 aromatic rings. The van der Waals surface area contributed by atoms with Gasteiger partial charge < -0.3 is 0 Å². The predicted molar refractivity (Wildman–Crippen MR) is 20.5 cm³/mol. The summed E-state index contributed by atoms with van der Waals surface area (Å²) < 4.78 is 18.5. The fraction of sp³-hybridized carbons (Fsp3) is 1.00. The fourth-order valence-electron chi connectivity index (χ4n) is 0.0745. The van der Waals surface area contributed by atoms with Crippen molar-refractivity contribution in [2.24, 2.45) is 0 Å². The van der Waals surface area contributed by atoms with Crippen LogP contribution in [-0.4, -0.2) is 29.5 Å². The van der Waals surface area contributed by atoms with Gasteiger partial charge in [-0.2, -0.15) is 0 Å². The summed E-state index contributed by atoms with van der Waals surface area (Å²) in [5.74, 6) is 0. The van der Waals surface area contributed by atoms with Gasteiger partial charge in [-0.05, 0) is 0 Å². The molecule has 0 bridgehead atoms. The van der Waals surface area contributed by atoms with Gasteiger partial charge in [-0.1, -0.05) is 0 Å². The van der Waals surface area contributed by atoms with Crippen molar-refractivity contribution in [1.29, 1.82) is 0 Å². The van der Waals surface area contributed by atoms with E-state index < -0.39 is 15.3 Å². The summed E-state index contributed by atoms with van der Waals surface area (Å²) in [4.78, 5) is 0. The molecule has 0 saturated carbocycles. The Kier molecular flexibility index (Phi) is 3.63. The minimum atomic E-state index is -2.47. The van der Waals surface area contributed by atoms with Gasteiger partial charge in [0.15, 0.2) is 0 Å². The summed E-state index contributed by atoms with van der Waals surface area (Å²) in [6.45, 7) is 0. The van der Waals surface area contributed by atoms with Crippen LogP contribution in [0, 0.1) is 0 Å². The number of hydrogen-bond acceptors (Lipinski definition) is 3. The molecule has 1 radical (unpaired) electrons. The Hall–Kier alpha value is 0.278. The molecule has 3 nitrogen and oxygen atoms in total. The first kappa shape index (κ1) is 6.28. The monoisotopic (exact) mass is 153 g/mol. The van der Waals surface area contributed by atoms with E-state index in [1.165, 1.54) is 14.2 Å². The molecule has 0 fully saturated rings. The average molecular weight is 153 g/mol. The Labute approximate surface area is 41.4 Å². The van der Waals surface area contributed by atoms with Crippen LogP contribution in [0.25, 0.3) is 0 Å². The van der Waals surface area contributed by atoms with E-state index in [1.807, 2.05) is 0 Å². The van der Waals surface area contributed by atoms with Crippen molar-refractivity contribution in [3.63, 3.8) is 0 Å². The van der Waals surface area contributed by atoms with E-state index >= 15 is 0 Å². The van der Waals surface area contributed by atoms with Crippen molar-refractivity contribution in [2.45, 2.75) is 0 Å². The molecular weight excluding hydrogens is 147 g/mol. The number of hydrogen-bond donors (Lipinski definition) is 0. The molecule has 4 heteroatoms. The van der Waals surface area contributed by atoms with E-state index in [2.05, 4.69) is 7.45 Å². The molecule has 0 unspecified atom stereocenters. The summed E-state index contributed by atoms with van der Waals surface area (Å²) >= 11 is -2.47. The van der Waals surface area contributed by atoms with Crippen LogP contribution in [0.4, 0.5) is 0 Å². The first-order valence-electron chi connectivity index (χ1n) is 1.36. The molecule has 0 aromatic heterocycles. The van der Waals surface area contributed by atoms with E-state index in [1.54, 1.807) is 0 Å². The molecule has 0 aliphatic carbocycles. The third-order valence-corrected chi connectivity index (χ3v) is 1.55. The Balaban J connectivity index is 2.99. The van der Waals surface area contributed by atoms with Gasteiger partial charge >= 0.3 is 40.7 Å². The Morgan fingerprint density at radius 2 is 1.67 bits per heavy atom. The first-order chi connectivity index (χ1) is 2.81. The summed E-state index contributed by atoms with van der Waals surface area (Å²) in [5, 5.41) is 0. The topological polar surface area (TPSA) is 35.5 Å². The molecule has 0 atom stereocenters. The second-order valence-electron chi connectivity index (χ2n) is 0.589. The van der Waals surface area contributed by atoms with Crippen LogP contribution in [0.1, 0.15) is 0 Å². The van der Waals surface area contributed by atoms with Crippen LogP contribution in [0.15, 0.2) is 0 Å². The van der Waals surface area contributed by atoms with Gasteiger partial charge in [-0.25, -0.2) is 0 Å². The zero-order chi connectivity index (χ0) is 4.99. The number of rotatable bonds is 2. The zero-order valence-electron chi connectivity index (χ0n) is 3.67. The second-order valence-corrected chi connectivity index (χ2v) is 3.06. The van der Waals surface area contributed by atoms with Crippen molar-refractivity contribution in [1.82, 2.24) is 0 Å². The van der Waals surface area contributed by atoms with Crippen LogP contribution in [0.3, 0.4) is 0 Å². The molecule has 0 N–H and O–H groups in total. The fourth-order valence-corrected chi connectivity index (χ4v) is 0.387. The van der Waals surface area contributed by atoms with Gasteiger partial charge in [0.25, 0.3) is 0 Å². The minimum absolute atomic E-state index is 1.36. The van der Waals surface area contributed by atoms with Crippen LogP contribution in [-0.2, 0) is 11.2 Å². The third-order valence-electron chi connectivity index (χ3n) is 0.298. The van der Waals surface area contributed by atoms with Gasteiger partial charge in [0.1, 0.15) is 0 Å². The van der Waals surface area contributed by atoms with Crippen LogP contribution < -0.4 is 0 Å². The average Bonchev–Trinajstić information content (AvgIpc) is 1.65. The summed E-state index contributed by atoms with van der Waals surface area (Å²) in [5.41, 5.74) is 0. The van der Waals surface area contributed by atoms with Crippen molar-refractivity contribution in [3.8, 4) is 0 Å². The molecule has 0 spiro atoms. The van der Waals surface area contributed by atoms with Gasteiger partial charge in [-0.3, -0.25) is 0 Å². The molecule has 6 heavy (non-hydrogen) atoms. The molecule has 0 rings (SSSR count). The van der Waals surface area contributed by atoms with Crippen LogP contribution in [0.2, 0.25) is 0 Å². The summed E-state index contributed by atoms with van der Waals surface area (Å²) in [6.07, 6.45) is 0. The van der Waals surface area contributed by atoms with Gasteiger partial charge in [-0.15, -0.1) is 0 Å². The SMILES string of the molecule is CO[As](=O)OC. The van der Waals surface area contributed by atoms with Crippen LogP contribution >= 0.6 is 0 Å². The second kappa shape index (κ2) is 3.47. The van der Waals surface area contributed by atoms with E-state index in [0.717, 1.165) is 0 Å². The molecule has 0 saturated heterocycles. The van der Waals surface area contributed by atoms with Crippen molar-refractivity contribution >= 4 is 15.3 Å². The van der Waals surface area contributed by atoms with Gasteiger partial charge in [0, 0.05) is 0 Å². The van der Waals surface area contributed by atoms with Crippen molar-refractivity contribution < 1.29 is 11.2 Å². The quantitative estimate of drug-likeness (QED) is 0.510. The Morgan fingerprint density at radius 1 is 1.33 bits per heavy atom. The third kappa shape index (κ3) is 2.51. The summed E-state index contributed by atoms with van der Waals surface area (Å²) in [7, 11) is 2.72. The van der Waals surface area contributed by atoms with E-state index in [9.17, 15) is 3.74 Å².